The summed E-state index contributed by atoms with van der Waals surface area (Å²) >= 11 is 0. The summed E-state index contributed by atoms with van der Waals surface area (Å²) in [4.78, 5) is 19.2. The largest absolute Gasteiger partial charge is 0.478 e. The third-order valence-corrected chi connectivity index (χ3v) is 2.92. The van der Waals surface area contributed by atoms with Gasteiger partial charge in [0.1, 0.15) is 0 Å². The van der Waals surface area contributed by atoms with Gasteiger partial charge in [-0.1, -0.05) is 12.1 Å². The first-order valence-electron chi connectivity index (χ1n) is 5.77. The van der Waals surface area contributed by atoms with Gasteiger partial charge >= 0.3 is 5.97 Å². The van der Waals surface area contributed by atoms with Gasteiger partial charge in [0, 0.05) is 29.5 Å². The molecular formula is C15H10N2O2. The lowest BCUT2D eigenvalue weighted by Gasteiger charge is -2.04. The minimum atomic E-state index is -0.975. The minimum absolute atomic E-state index is 0.184. The van der Waals surface area contributed by atoms with Crippen molar-refractivity contribution in [3.63, 3.8) is 0 Å². The number of aromatic carboxylic acids is 1. The lowest BCUT2D eigenvalue weighted by molar-refractivity contribution is 0.0696. The average molecular weight is 250 g/mol. The second-order valence-corrected chi connectivity index (χ2v) is 4.18. The van der Waals surface area contributed by atoms with Crippen molar-refractivity contribution >= 4 is 16.9 Å². The van der Waals surface area contributed by atoms with Gasteiger partial charge in [0.2, 0.25) is 0 Å². The van der Waals surface area contributed by atoms with Crippen LogP contribution in [0.15, 0.2) is 55.0 Å². The topological polar surface area (TPSA) is 63.1 Å². The van der Waals surface area contributed by atoms with E-state index in [2.05, 4.69) is 9.97 Å². The van der Waals surface area contributed by atoms with Crippen LogP contribution >= 0.6 is 0 Å². The molecule has 0 amide bonds. The first-order valence-corrected chi connectivity index (χ1v) is 5.77. The Bertz CT molecular complexity index is 769. The van der Waals surface area contributed by atoms with Crippen molar-refractivity contribution in [2.45, 2.75) is 0 Å². The number of carbonyl (C=O) groups is 1. The van der Waals surface area contributed by atoms with E-state index in [9.17, 15) is 4.79 Å². The predicted molar refractivity (Wildman–Crippen MR) is 71.9 cm³/mol. The zero-order valence-corrected chi connectivity index (χ0v) is 9.95. The molecule has 2 heterocycles. The highest BCUT2D eigenvalue weighted by Crippen LogP contribution is 2.23. The van der Waals surface area contributed by atoms with Crippen molar-refractivity contribution in [3.8, 4) is 11.1 Å². The van der Waals surface area contributed by atoms with Crippen LogP contribution in [0.25, 0.3) is 22.0 Å². The highest BCUT2D eigenvalue weighted by atomic mass is 16.4. The molecule has 92 valence electrons. The van der Waals surface area contributed by atoms with E-state index in [1.54, 1.807) is 18.5 Å². The van der Waals surface area contributed by atoms with Crippen LogP contribution < -0.4 is 0 Å². The van der Waals surface area contributed by atoms with Gasteiger partial charge in [-0.05, 0) is 29.8 Å². The number of aromatic nitrogens is 2. The predicted octanol–water partition coefficient (Wildman–Crippen LogP) is 3.00. The quantitative estimate of drug-likeness (QED) is 0.759. The molecule has 0 saturated heterocycles. The molecule has 4 heteroatoms. The number of rotatable bonds is 2. The Morgan fingerprint density at radius 3 is 2.79 bits per heavy atom. The van der Waals surface area contributed by atoms with E-state index in [1.807, 2.05) is 30.3 Å². The second-order valence-electron chi connectivity index (χ2n) is 4.18. The third kappa shape index (κ3) is 2.15. The molecule has 0 atom stereocenters. The molecule has 0 aliphatic rings. The summed E-state index contributed by atoms with van der Waals surface area (Å²) in [5.41, 5.74) is 2.80. The van der Waals surface area contributed by atoms with Gasteiger partial charge in [0.25, 0.3) is 0 Å². The summed E-state index contributed by atoms with van der Waals surface area (Å²) in [7, 11) is 0. The molecule has 1 aromatic carbocycles. The lowest BCUT2D eigenvalue weighted by atomic mass is 10.0. The Kier molecular flexibility index (Phi) is 2.68. The number of hydrogen-bond donors (Lipinski definition) is 1. The van der Waals surface area contributed by atoms with E-state index < -0.39 is 5.97 Å². The first-order chi connectivity index (χ1) is 9.24. The lowest BCUT2D eigenvalue weighted by Crippen LogP contribution is -1.97. The summed E-state index contributed by atoms with van der Waals surface area (Å²) in [5, 5.41) is 9.99. The summed E-state index contributed by atoms with van der Waals surface area (Å²) in [6.45, 7) is 0. The van der Waals surface area contributed by atoms with Gasteiger partial charge in [-0.15, -0.1) is 0 Å². The number of benzene rings is 1. The van der Waals surface area contributed by atoms with Crippen molar-refractivity contribution in [2.75, 3.05) is 0 Å². The van der Waals surface area contributed by atoms with Crippen molar-refractivity contribution in [1.82, 2.24) is 9.97 Å². The molecule has 0 saturated carbocycles. The number of nitrogens with zero attached hydrogens (tertiary/aromatic N) is 2. The van der Waals surface area contributed by atoms with Crippen molar-refractivity contribution in [1.29, 1.82) is 0 Å². The number of carboxylic acid groups (broad SMARTS) is 1. The Morgan fingerprint density at radius 1 is 1.05 bits per heavy atom. The molecule has 1 N–H and O–H groups in total. The Hall–Kier alpha value is -2.75. The molecule has 2 aromatic heterocycles. The number of carboxylic acids is 1. The molecule has 0 unspecified atom stereocenters. The molecule has 3 rings (SSSR count). The number of fused-ring (bicyclic) bond motifs is 1. The maximum absolute atomic E-state index is 10.9. The molecule has 0 fully saturated rings. The fourth-order valence-corrected chi connectivity index (χ4v) is 1.97. The highest BCUT2D eigenvalue weighted by molar-refractivity contribution is 5.90. The molecule has 0 bridgehead atoms. The zero-order chi connectivity index (χ0) is 13.2. The average Bonchev–Trinajstić information content (AvgIpc) is 2.47. The van der Waals surface area contributed by atoms with E-state index in [1.165, 1.54) is 6.20 Å². The van der Waals surface area contributed by atoms with Crippen LogP contribution in [-0.2, 0) is 0 Å². The molecule has 0 spiro atoms. The van der Waals surface area contributed by atoms with E-state index in [0.717, 1.165) is 22.0 Å². The summed E-state index contributed by atoms with van der Waals surface area (Å²) in [5.74, 6) is -0.975. The molecule has 0 radical (unpaired) electrons. The SMILES string of the molecule is O=C(O)c1cncc(-c2ccc3ncccc3c2)c1. The van der Waals surface area contributed by atoms with Crippen molar-refractivity contribution in [3.05, 3.63) is 60.6 Å². The number of hydrogen-bond acceptors (Lipinski definition) is 3. The molecule has 4 nitrogen and oxygen atoms in total. The highest BCUT2D eigenvalue weighted by Gasteiger charge is 2.06. The van der Waals surface area contributed by atoms with Gasteiger partial charge in [-0.25, -0.2) is 4.79 Å². The van der Waals surface area contributed by atoms with E-state index in [-0.39, 0.29) is 5.56 Å². The van der Waals surface area contributed by atoms with Gasteiger partial charge in [-0.3, -0.25) is 9.97 Å². The molecule has 0 aliphatic carbocycles. The van der Waals surface area contributed by atoms with Gasteiger partial charge in [0.15, 0.2) is 0 Å². The summed E-state index contributed by atoms with van der Waals surface area (Å²) in [6, 6.07) is 11.3. The van der Waals surface area contributed by atoms with Gasteiger partial charge in [0.05, 0.1) is 11.1 Å². The van der Waals surface area contributed by atoms with Gasteiger partial charge < -0.3 is 5.11 Å². The second kappa shape index (κ2) is 4.49. The standard InChI is InChI=1S/C15H10N2O2/c18-15(19)13-7-12(8-16-9-13)10-3-4-14-11(6-10)2-1-5-17-14/h1-9H,(H,18,19). The first kappa shape index (κ1) is 11.3. The fourth-order valence-electron chi connectivity index (χ4n) is 1.97. The molecule has 3 aromatic rings. The zero-order valence-electron chi connectivity index (χ0n) is 9.95. The van der Waals surface area contributed by atoms with Crippen molar-refractivity contribution in [2.24, 2.45) is 0 Å². The van der Waals surface area contributed by atoms with Crippen LogP contribution in [0, 0.1) is 0 Å². The van der Waals surface area contributed by atoms with Crippen LogP contribution in [-0.4, -0.2) is 21.0 Å². The fraction of sp³-hybridized carbons (Fsp3) is 0. The van der Waals surface area contributed by atoms with Crippen LogP contribution in [0.5, 0.6) is 0 Å². The number of pyridine rings is 2. The minimum Gasteiger partial charge on any atom is -0.478 e. The molecular weight excluding hydrogens is 240 g/mol. The normalized spacial score (nSPS) is 10.5. The van der Waals surface area contributed by atoms with E-state index in [4.69, 9.17) is 5.11 Å². The van der Waals surface area contributed by atoms with Crippen molar-refractivity contribution < 1.29 is 9.90 Å². The van der Waals surface area contributed by atoms with Gasteiger partial charge in [-0.2, -0.15) is 0 Å². The van der Waals surface area contributed by atoms with Crippen LogP contribution in [0.3, 0.4) is 0 Å². The summed E-state index contributed by atoms with van der Waals surface area (Å²) in [6.07, 6.45) is 4.74. The Morgan fingerprint density at radius 2 is 1.95 bits per heavy atom. The summed E-state index contributed by atoms with van der Waals surface area (Å²) < 4.78 is 0. The van der Waals surface area contributed by atoms with Crippen LogP contribution in [0.4, 0.5) is 0 Å². The Labute approximate surface area is 109 Å². The van der Waals surface area contributed by atoms with Crippen LogP contribution in [0.2, 0.25) is 0 Å². The maximum atomic E-state index is 10.9. The van der Waals surface area contributed by atoms with E-state index in [0.29, 0.717) is 0 Å². The third-order valence-electron chi connectivity index (χ3n) is 2.92. The van der Waals surface area contributed by atoms with Crippen LogP contribution in [0.1, 0.15) is 10.4 Å². The maximum Gasteiger partial charge on any atom is 0.337 e. The smallest absolute Gasteiger partial charge is 0.337 e. The molecule has 19 heavy (non-hydrogen) atoms. The molecule has 0 aliphatic heterocycles. The van der Waals surface area contributed by atoms with E-state index >= 15 is 0 Å². The monoisotopic (exact) mass is 250 g/mol. The Balaban J connectivity index is 2.13.